The van der Waals surface area contributed by atoms with Gasteiger partial charge in [-0.15, -0.1) is 0 Å². The van der Waals surface area contributed by atoms with E-state index in [9.17, 15) is 22.8 Å². The number of nitrogens with zero attached hydrogens (tertiary/aromatic N) is 2. The van der Waals surface area contributed by atoms with E-state index in [0.29, 0.717) is 0 Å². The van der Waals surface area contributed by atoms with Gasteiger partial charge in [-0.25, -0.2) is 4.79 Å². The number of nitrogens with one attached hydrogen (secondary N) is 1. The number of ether oxygens (including phenoxy) is 1. The standard InChI is InChI=1S/C22H24F3N3O3/c1-13(14-8-6-5-7-9-14)28-18-10-15(22(23,24)25)12-26-16(18)11-17(19(28)29)27-20(30)31-21(2,3)4/h5-10,12-13,17H,11H2,1-4H3,(H,27,30)/t13-,17+/m0/s1. The molecule has 0 saturated heterocycles. The average molecular weight is 435 g/mol. The van der Waals surface area contributed by atoms with Crippen molar-refractivity contribution >= 4 is 17.7 Å². The van der Waals surface area contributed by atoms with Gasteiger partial charge in [0.15, 0.2) is 0 Å². The van der Waals surface area contributed by atoms with Gasteiger partial charge in [0.2, 0.25) is 0 Å². The van der Waals surface area contributed by atoms with E-state index in [2.05, 4.69) is 10.3 Å². The molecular formula is C22H24F3N3O3. The van der Waals surface area contributed by atoms with Crippen molar-refractivity contribution in [1.82, 2.24) is 10.3 Å². The van der Waals surface area contributed by atoms with Gasteiger partial charge in [0.1, 0.15) is 11.6 Å². The second kappa shape index (κ2) is 8.20. The minimum absolute atomic E-state index is 0.0381. The second-order valence-corrected chi connectivity index (χ2v) is 8.39. The molecular weight excluding hydrogens is 411 g/mol. The second-order valence-electron chi connectivity index (χ2n) is 8.39. The van der Waals surface area contributed by atoms with Gasteiger partial charge in [-0.3, -0.25) is 9.78 Å². The summed E-state index contributed by atoms with van der Waals surface area (Å²) < 4.78 is 45.1. The highest BCUT2D eigenvalue weighted by atomic mass is 19.4. The summed E-state index contributed by atoms with van der Waals surface area (Å²) in [6.07, 6.45) is -4.68. The van der Waals surface area contributed by atoms with Crippen LogP contribution < -0.4 is 10.2 Å². The number of pyridine rings is 1. The number of hydrogen-bond donors (Lipinski definition) is 1. The molecule has 0 aliphatic carbocycles. The first-order valence-electron chi connectivity index (χ1n) is 9.80. The number of rotatable bonds is 3. The van der Waals surface area contributed by atoms with Gasteiger partial charge in [-0.2, -0.15) is 13.2 Å². The smallest absolute Gasteiger partial charge is 0.417 e. The van der Waals surface area contributed by atoms with Gasteiger partial charge >= 0.3 is 12.3 Å². The fourth-order valence-corrected chi connectivity index (χ4v) is 3.41. The zero-order valence-electron chi connectivity index (χ0n) is 17.7. The third kappa shape index (κ3) is 5.15. The molecule has 3 rings (SSSR count). The molecule has 2 amide bonds. The van der Waals surface area contributed by atoms with Crippen LogP contribution in [0.2, 0.25) is 0 Å². The SMILES string of the molecule is C[C@@H](c1ccccc1)N1C(=O)[C@H](NC(=O)OC(C)(C)C)Cc2ncc(C(F)(F)F)cc21. The van der Waals surface area contributed by atoms with Crippen molar-refractivity contribution in [2.24, 2.45) is 0 Å². The van der Waals surface area contributed by atoms with Crippen LogP contribution in [0.5, 0.6) is 0 Å². The maximum Gasteiger partial charge on any atom is 0.417 e. The lowest BCUT2D eigenvalue weighted by Crippen LogP contribution is -2.54. The molecule has 9 heteroatoms. The largest absolute Gasteiger partial charge is 0.444 e. The normalized spacial score (nSPS) is 17.7. The van der Waals surface area contributed by atoms with Crippen molar-refractivity contribution in [2.45, 2.75) is 58.0 Å². The van der Waals surface area contributed by atoms with Crippen LogP contribution >= 0.6 is 0 Å². The van der Waals surface area contributed by atoms with Crippen molar-refractivity contribution in [2.75, 3.05) is 4.90 Å². The molecule has 0 radical (unpaired) electrons. The van der Waals surface area contributed by atoms with E-state index in [-0.39, 0.29) is 17.8 Å². The van der Waals surface area contributed by atoms with Crippen molar-refractivity contribution in [1.29, 1.82) is 0 Å². The molecule has 2 heterocycles. The Morgan fingerprint density at radius 1 is 1.23 bits per heavy atom. The molecule has 0 saturated carbocycles. The molecule has 1 aliphatic rings. The van der Waals surface area contributed by atoms with Crippen LogP contribution in [0.1, 0.15) is 50.6 Å². The zero-order chi connectivity index (χ0) is 23.0. The minimum Gasteiger partial charge on any atom is -0.444 e. The molecule has 31 heavy (non-hydrogen) atoms. The first kappa shape index (κ1) is 22.6. The Labute approximate surface area is 178 Å². The van der Waals surface area contributed by atoms with Gasteiger partial charge < -0.3 is 15.0 Å². The van der Waals surface area contributed by atoms with Gasteiger partial charge in [0, 0.05) is 12.6 Å². The van der Waals surface area contributed by atoms with Crippen molar-refractivity contribution in [3.8, 4) is 0 Å². The number of halogens is 3. The van der Waals surface area contributed by atoms with E-state index in [1.165, 1.54) is 4.90 Å². The third-order valence-electron chi connectivity index (χ3n) is 4.83. The summed E-state index contributed by atoms with van der Waals surface area (Å²) >= 11 is 0. The molecule has 1 aliphatic heterocycles. The molecule has 0 fully saturated rings. The van der Waals surface area contributed by atoms with Crippen LogP contribution in [0, 0.1) is 0 Å². The quantitative estimate of drug-likeness (QED) is 0.762. The Hall–Kier alpha value is -3.10. The predicted molar refractivity (Wildman–Crippen MR) is 108 cm³/mol. The van der Waals surface area contributed by atoms with Gasteiger partial charge in [-0.05, 0) is 39.3 Å². The topological polar surface area (TPSA) is 71.5 Å². The summed E-state index contributed by atoms with van der Waals surface area (Å²) in [5.74, 6) is -0.532. The fourth-order valence-electron chi connectivity index (χ4n) is 3.41. The number of fused-ring (bicyclic) bond motifs is 1. The number of amides is 2. The maximum absolute atomic E-state index is 13.3. The molecule has 1 aromatic heterocycles. The Morgan fingerprint density at radius 3 is 2.45 bits per heavy atom. The number of hydrogen-bond acceptors (Lipinski definition) is 4. The van der Waals surface area contributed by atoms with E-state index in [0.717, 1.165) is 17.8 Å². The van der Waals surface area contributed by atoms with Crippen LogP contribution in [-0.4, -0.2) is 28.6 Å². The molecule has 166 valence electrons. The highest BCUT2D eigenvalue weighted by Crippen LogP contribution is 2.38. The first-order valence-corrected chi connectivity index (χ1v) is 9.80. The fraction of sp³-hybridized carbons (Fsp3) is 0.409. The lowest BCUT2D eigenvalue weighted by molar-refractivity contribution is -0.138. The average Bonchev–Trinajstić information content (AvgIpc) is 2.66. The zero-order valence-corrected chi connectivity index (χ0v) is 17.7. The highest BCUT2D eigenvalue weighted by Gasteiger charge is 2.40. The number of carbonyl (C=O) groups excluding carboxylic acids is 2. The Balaban J connectivity index is 2.01. The molecule has 0 unspecified atom stereocenters. The van der Waals surface area contributed by atoms with Gasteiger partial charge in [0.25, 0.3) is 5.91 Å². The third-order valence-corrected chi connectivity index (χ3v) is 4.83. The summed E-state index contributed by atoms with van der Waals surface area (Å²) in [7, 11) is 0. The number of carbonyl (C=O) groups is 2. The summed E-state index contributed by atoms with van der Waals surface area (Å²) in [5, 5.41) is 2.53. The molecule has 1 aromatic carbocycles. The maximum atomic E-state index is 13.3. The van der Waals surface area contributed by atoms with Gasteiger partial charge in [-0.1, -0.05) is 30.3 Å². The monoisotopic (exact) mass is 435 g/mol. The first-order chi connectivity index (χ1) is 14.4. The summed E-state index contributed by atoms with van der Waals surface area (Å²) in [6.45, 7) is 6.78. The van der Waals surface area contributed by atoms with Crippen LogP contribution in [-0.2, 0) is 22.1 Å². The number of anilines is 1. The van der Waals surface area contributed by atoms with Gasteiger partial charge in [0.05, 0.1) is 23.0 Å². The summed E-state index contributed by atoms with van der Waals surface area (Å²) in [5.41, 5.74) is -0.605. The predicted octanol–water partition coefficient (Wildman–Crippen LogP) is 4.64. The van der Waals surface area contributed by atoms with E-state index < -0.39 is 41.4 Å². The molecule has 0 bridgehead atoms. The molecule has 1 N–H and O–H groups in total. The van der Waals surface area contributed by atoms with E-state index in [1.54, 1.807) is 58.0 Å². The number of alkyl halides is 3. The van der Waals surface area contributed by atoms with Crippen LogP contribution in [0.25, 0.3) is 0 Å². The Kier molecular flexibility index (Phi) is 5.98. The molecule has 2 atom stereocenters. The molecule has 2 aromatic rings. The summed E-state index contributed by atoms with van der Waals surface area (Å²) in [6, 6.07) is 8.26. The van der Waals surface area contributed by atoms with E-state index in [4.69, 9.17) is 4.74 Å². The Morgan fingerprint density at radius 2 is 1.87 bits per heavy atom. The number of aromatic nitrogens is 1. The van der Waals surface area contributed by atoms with Crippen molar-refractivity contribution in [3.05, 3.63) is 59.4 Å². The minimum atomic E-state index is -4.60. The number of alkyl carbamates (subject to hydrolysis) is 1. The molecule has 0 spiro atoms. The van der Waals surface area contributed by atoms with Crippen LogP contribution in [0.15, 0.2) is 42.6 Å². The highest BCUT2D eigenvalue weighted by molar-refractivity contribution is 6.02. The number of benzene rings is 1. The van der Waals surface area contributed by atoms with Crippen molar-refractivity contribution in [3.63, 3.8) is 0 Å². The lowest BCUT2D eigenvalue weighted by Gasteiger charge is -2.38. The Bertz CT molecular complexity index is 971. The van der Waals surface area contributed by atoms with E-state index >= 15 is 0 Å². The van der Waals surface area contributed by atoms with Crippen LogP contribution in [0.3, 0.4) is 0 Å². The van der Waals surface area contributed by atoms with Crippen molar-refractivity contribution < 1.29 is 27.5 Å². The van der Waals surface area contributed by atoms with Crippen LogP contribution in [0.4, 0.5) is 23.7 Å². The lowest BCUT2D eigenvalue weighted by atomic mass is 9.96. The summed E-state index contributed by atoms with van der Waals surface area (Å²) in [4.78, 5) is 30.8. The molecule has 6 nitrogen and oxygen atoms in total. The van der Waals surface area contributed by atoms with E-state index in [1.807, 2.05) is 0 Å².